The lowest BCUT2D eigenvalue weighted by Crippen LogP contribution is -2.31. The number of nitrogens with zero attached hydrogens (tertiary/aromatic N) is 1. The Balaban J connectivity index is 1.79. The van der Waals surface area contributed by atoms with Crippen molar-refractivity contribution in [1.29, 1.82) is 0 Å². The monoisotopic (exact) mass is 274 g/mol. The molecule has 110 valence electrons. The predicted octanol–water partition coefficient (Wildman–Crippen LogP) is 3.13. The molecule has 0 aliphatic carbocycles. The standard InChI is InChI=1S/C17H26N2O/c1-2-8-16(15-9-4-3-5-10-15)18-12-11-17(20)19-13-6-7-14-19/h3-5,9-10,16,18H,2,6-8,11-14H2,1H3. The Morgan fingerprint density at radius 3 is 2.60 bits per heavy atom. The van der Waals surface area contributed by atoms with E-state index in [0.717, 1.165) is 32.5 Å². The van der Waals surface area contributed by atoms with Crippen LogP contribution >= 0.6 is 0 Å². The molecule has 1 aromatic carbocycles. The number of carbonyl (C=O) groups excluding carboxylic acids is 1. The molecule has 1 fully saturated rings. The average Bonchev–Trinajstić information content (AvgIpc) is 3.01. The molecule has 1 aromatic rings. The van der Waals surface area contributed by atoms with Gasteiger partial charge in [-0.25, -0.2) is 0 Å². The third-order valence-electron chi connectivity index (χ3n) is 3.97. The van der Waals surface area contributed by atoms with Crippen LogP contribution in [0.5, 0.6) is 0 Å². The molecule has 1 atom stereocenters. The fourth-order valence-electron chi connectivity index (χ4n) is 2.84. The van der Waals surface area contributed by atoms with E-state index in [9.17, 15) is 4.79 Å². The first-order chi connectivity index (χ1) is 9.81. The van der Waals surface area contributed by atoms with Crippen LogP contribution in [0.25, 0.3) is 0 Å². The van der Waals surface area contributed by atoms with Gasteiger partial charge in [-0.3, -0.25) is 4.79 Å². The number of rotatable bonds is 7. The summed E-state index contributed by atoms with van der Waals surface area (Å²) in [6.45, 7) is 4.88. The van der Waals surface area contributed by atoms with Crippen LogP contribution in [0, 0.1) is 0 Å². The van der Waals surface area contributed by atoms with Crippen LogP contribution in [0.1, 0.15) is 50.6 Å². The van der Waals surface area contributed by atoms with E-state index in [1.165, 1.54) is 18.4 Å². The Morgan fingerprint density at radius 2 is 1.95 bits per heavy atom. The van der Waals surface area contributed by atoms with Crippen LogP contribution in [0.3, 0.4) is 0 Å². The fourth-order valence-corrected chi connectivity index (χ4v) is 2.84. The van der Waals surface area contributed by atoms with Gasteiger partial charge in [0.2, 0.25) is 5.91 Å². The molecule has 3 heteroatoms. The van der Waals surface area contributed by atoms with E-state index in [1.807, 2.05) is 11.0 Å². The quantitative estimate of drug-likeness (QED) is 0.828. The highest BCUT2D eigenvalue weighted by Crippen LogP contribution is 2.18. The summed E-state index contributed by atoms with van der Waals surface area (Å²) >= 11 is 0. The second-order valence-electron chi connectivity index (χ2n) is 5.54. The molecule has 0 saturated carbocycles. The van der Waals surface area contributed by atoms with Crippen LogP contribution < -0.4 is 5.32 Å². The second-order valence-corrected chi connectivity index (χ2v) is 5.54. The number of carbonyl (C=O) groups is 1. The Morgan fingerprint density at radius 1 is 1.25 bits per heavy atom. The number of hydrogen-bond acceptors (Lipinski definition) is 2. The van der Waals surface area contributed by atoms with Crippen molar-refractivity contribution in [2.45, 2.75) is 45.1 Å². The van der Waals surface area contributed by atoms with Gasteiger partial charge in [0.1, 0.15) is 0 Å². The topological polar surface area (TPSA) is 32.3 Å². The SMILES string of the molecule is CCCC(NCCC(=O)N1CCCC1)c1ccccc1. The maximum absolute atomic E-state index is 12.0. The summed E-state index contributed by atoms with van der Waals surface area (Å²) in [5, 5.41) is 3.54. The van der Waals surface area contributed by atoms with Gasteiger partial charge in [-0.15, -0.1) is 0 Å². The Kier molecular flexibility index (Phi) is 6.06. The first-order valence-electron chi connectivity index (χ1n) is 7.87. The minimum Gasteiger partial charge on any atom is -0.343 e. The molecule has 1 N–H and O–H groups in total. The van der Waals surface area contributed by atoms with E-state index < -0.39 is 0 Å². The van der Waals surface area contributed by atoms with Gasteiger partial charge in [0.05, 0.1) is 0 Å². The van der Waals surface area contributed by atoms with E-state index in [4.69, 9.17) is 0 Å². The van der Waals surface area contributed by atoms with Crippen LogP contribution in [0.15, 0.2) is 30.3 Å². The zero-order valence-corrected chi connectivity index (χ0v) is 12.5. The van der Waals surface area contributed by atoms with Crippen LogP contribution in [0.4, 0.5) is 0 Å². The molecule has 0 radical (unpaired) electrons. The molecule has 1 unspecified atom stereocenters. The second kappa shape index (κ2) is 8.05. The average molecular weight is 274 g/mol. The van der Waals surface area contributed by atoms with Crippen molar-refractivity contribution in [1.82, 2.24) is 10.2 Å². The van der Waals surface area contributed by atoms with Gasteiger partial charge < -0.3 is 10.2 Å². The van der Waals surface area contributed by atoms with Crippen molar-refractivity contribution in [2.75, 3.05) is 19.6 Å². The molecule has 0 aromatic heterocycles. The summed E-state index contributed by atoms with van der Waals surface area (Å²) in [4.78, 5) is 14.0. The minimum absolute atomic E-state index is 0.304. The summed E-state index contributed by atoms with van der Waals surface area (Å²) in [6.07, 6.45) is 5.21. The van der Waals surface area contributed by atoms with E-state index >= 15 is 0 Å². The maximum atomic E-state index is 12.0. The predicted molar refractivity (Wildman–Crippen MR) is 82.5 cm³/mol. The summed E-state index contributed by atoms with van der Waals surface area (Å²) in [5.74, 6) is 0.304. The normalized spacial score (nSPS) is 16.4. The first kappa shape index (κ1) is 15.0. The van der Waals surface area contributed by atoms with Gasteiger partial charge >= 0.3 is 0 Å². The van der Waals surface area contributed by atoms with Crippen molar-refractivity contribution < 1.29 is 4.79 Å². The highest BCUT2D eigenvalue weighted by molar-refractivity contribution is 5.76. The zero-order chi connectivity index (χ0) is 14.2. The maximum Gasteiger partial charge on any atom is 0.223 e. The van der Waals surface area contributed by atoms with E-state index in [1.54, 1.807) is 0 Å². The highest BCUT2D eigenvalue weighted by Gasteiger charge is 2.17. The van der Waals surface area contributed by atoms with Gasteiger partial charge in [-0.05, 0) is 24.8 Å². The molecular formula is C17H26N2O. The fraction of sp³-hybridized carbons (Fsp3) is 0.588. The number of hydrogen-bond donors (Lipinski definition) is 1. The number of nitrogens with one attached hydrogen (secondary N) is 1. The smallest absolute Gasteiger partial charge is 0.223 e. The van der Waals surface area contributed by atoms with Gasteiger partial charge in [0.25, 0.3) is 0 Å². The van der Waals surface area contributed by atoms with Gasteiger partial charge in [-0.2, -0.15) is 0 Å². The Hall–Kier alpha value is -1.35. The lowest BCUT2D eigenvalue weighted by molar-refractivity contribution is -0.130. The molecule has 1 aliphatic heterocycles. The molecular weight excluding hydrogens is 248 g/mol. The molecule has 0 spiro atoms. The third-order valence-corrected chi connectivity index (χ3v) is 3.97. The van der Waals surface area contributed by atoms with E-state index in [-0.39, 0.29) is 0 Å². The van der Waals surface area contributed by atoms with Crippen molar-refractivity contribution in [2.24, 2.45) is 0 Å². The third kappa shape index (κ3) is 4.34. The molecule has 1 amide bonds. The van der Waals surface area contributed by atoms with Crippen LogP contribution in [0.2, 0.25) is 0 Å². The lowest BCUT2D eigenvalue weighted by Gasteiger charge is -2.20. The first-order valence-corrected chi connectivity index (χ1v) is 7.87. The lowest BCUT2D eigenvalue weighted by atomic mass is 10.0. The van der Waals surface area contributed by atoms with Crippen molar-refractivity contribution in [3.8, 4) is 0 Å². The molecule has 1 aliphatic rings. The molecule has 1 heterocycles. The number of benzene rings is 1. The number of amides is 1. The Labute approximate surface area is 122 Å². The largest absolute Gasteiger partial charge is 0.343 e. The zero-order valence-electron chi connectivity index (χ0n) is 12.5. The summed E-state index contributed by atoms with van der Waals surface area (Å²) in [5.41, 5.74) is 1.32. The van der Waals surface area contributed by atoms with Gasteiger partial charge in [0, 0.05) is 32.1 Å². The van der Waals surface area contributed by atoms with E-state index in [2.05, 4.69) is 36.5 Å². The highest BCUT2D eigenvalue weighted by atomic mass is 16.2. The van der Waals surface area contributed by atoms with Crippen LogP contribution in [-0.4, -0.2) is 30.4 Å². The van der Waals surface area contributed by atoms with Crippen molar-refractivity contribution in [3.63, 3.8) is 0 Å². The molecule has 1 saturated heterocycles. The van der Waals surface area contributed by atoms with E-state index in [0.29, 0.717) is 18.4 Å². The van der Waals surface area contributed by atoms with Gasteiger partial charge in [0.15, 0.2) is 0 Å². The number of likely N-dealkylation sites (tertiary alicyclic amines) is 1. The molecule has 20 heavy (non-hydrogen) atoms. The Bertz CT molecular complexity index is 399. The van der Waals surface area contributed by atoms with Crippen molar-refractivity contribution >= 4 is 5.91 Å². The summed E-state index contributed by atoms with van der Waals surface area (Å²) < 4.78 is 0. The van der Waals surface area contributed by atoms with Gasteiger partial charge in [-0.1, -0.05) is 43.7 Å². The van der Waals surface area contributed by atoms with Crippen LogP contribution in [-0.2, 0) is 4.79 Å². The van der Waals surface area contributed by atoms with Crippen molar-refractivity contribution in [3.05, 3.63) is 35.9 Å². The molecule has 2 rings (SSSR count). The summed E-state index contributed by atoms with van der Waals surface area (Å²) in [6, 6.07) is 10.9. The molecule has 0 bridgehead atoms. The molecule has 3 nitrogen and oxygen atoms in total. The minimum atomic E-state index is 0.304. The summed E-state index contributed by atoms with van der Waals surface area (Å²) in [7, 11) is 0.